The first-order valence-electron chi connectivity index (χ1n) is 6.71. The summed E-state index contributed by atoms with van der Waals surface area (Å²) < 4.78 is 2.21. The summed E-state index contributed by atoms with van der Waals surface area (Å²) in [7, 11) is 0. The normalized spacial score (nSPS) is 27.9. The van der Waals surface area contributed by atoms with E-state index in [2.05, 4.69) is 29.6 Å². The fourth-order valence-corrected chi connectivity index (χ4v) is 3.09. The molecule has 0 radical (unpaired) electrons. The largest absolute Gasteiger partial charge is 0.337 e. The lowest BCUT2D eigenvalue weighted by Gasteiger charge is -2.30. The third kappa shape index (κ3) is 3.10. The molecule has 16 heavy (non-hydrogen) atoms. The molecule has 1 fully saturated rings. The topological polar surface area (TPSA) is 17.8 Å². The zero-order valence-corrected chi connectivity index (χ0v) is 10.6. The standard InChI is InChI=1S/C14H24N2/c1-12(10-16-8-7-15-11-16)9-14-6-4-3-5-13(14)2/h7-8,11-14H,3-6,9-10H2,1-2H3/t12-,13?,14?/m0/s1. The molecule has 1 aromatic heterocycles. The Labute approximate surface area is 99.1 Å². The first-order chi connectivity index (χ1) is 7.75. The van der Waals surface area contributed by atoms with Crippen LogP contribution in [0.25, 0.3) is 0 Å². The molecule has 1 aliphatic rings. The van der Waals surface area contributed by atoms with Gasteiger partial charge in [-0.15, -0.1) is 0 Å². The summed E-state index contributed by atoms with van der Waals surface area (Å²) in [6.07, 6.45) is 13.1. The molecule has 1 heterocycles. The van der Waals surface area contributed by atoms with Crippen LogP contribution in [0.15, 0.2) is 18.7 Å². The Balaban J connectivity index is 1.79. The van der Waals surface area contributed by atoms with Gasteiger partial charge in [-0.3, -0.25) is 0 Å². The number of hydrogen-bond donors (Lipinski definition) is 0. The minimum atomic E-state index is 0.778. The van der Waals surface area contributed by atoms with Gasteiger partial charge in [-0.1, -0.05) is 39.5 Å². The quantitative estimate of drug-likeness (QED) is 0.756. The Morgan fingerprint density at radius 3 is 2.88 bits per heavy atom. The Kier molecular flexibility index (Phi) is 4.03. The second-order valence-corrected chi connectivity index (χ2v) is 5.62. The lowest BCUT2D eigenvalue weighted by Crippen LogP contribution is -2.20. The molecule has 2 heteroatoms. The van der Waals surface area contributed by atoms with Crippen LogP contribution in [0.1, 0.15) is 46.0 Å². The molecule has 1 aliphatic carbocycles. The molecule has 0 saturated heterocycles. The molecule has 0 aliphatic heterocycles. The minimum absolute atomic E-state index is 0.778. The van der Waals surface area contributed by atoms with E-state index in [9.17, 15) is 0 Å². The number of aromatic nitrogens is 2. The van der Waals surface area contributed by atoms with Gasteiger partial charge in [-0.2, -0.15) is 0 Å². The maximum absolute atomic E-state index is 4.10. The molecule has 0 aromatic carbocycles. The van der Waals surface area contributed by atoms with Gasteiger partial charge in [0.1, 0.15) is 0 Å². The third-order valence-electron chi connectivity index (χ3n) is 4.08. The van der Waals surface area contributed by atoms with Gasteiger partial charge in [0.15, 0.2) is 0 Å². The molecular formula is C14H24N2. The average Bonchev–Trinajstić information content (AvgIpc) is 2.74. The Hall–Kier alpha value is -0.790. The van der Waals surface area contributed by atoms with Crippen molar-refractivity contribution in [2.45, 2.75) is 52.5 Å². The summed E-state index contributed by atoms with van der Waals surface area (Å²) in [5, 5.41) is 0. The van der Waals surface area contributed by atoms with Crippen LogP contribution in [-0.2, 0) is 6.54 Å². The van der Waals surface area contributed by atoms with Crippen molar-refractivity contribution in [2.75, 3.05) is 0 Å². The molecule has 2 nitrogen and oxygen atoms in total. The zero-order chi connectivity index (χ0) is 11.4. The van der Waals surface area contributed by atoms with Gasteiger partial charge in [-0.25, -0.2) is 4.98 Å². The van der Waals surface area contributed by atoms with E-state index in [4.69, 9.17) is 0 Å². The van der Waals surface area contributed by atoms with Crippen LogP contribution in [-0.4, -0.2) is 9.55 Å². The van der Waals surface area contributed by atoms with Crippen molar-refractivity contribution in [2.24, 2.45) is 17.8 Å². The second kappa shape index (κ2) is 5.51. The van der Waals surface area contributed by atoms with E-state index in [-0.39, 0.29) is 0 Å². The monoisotopic (exact) mass is 220 g/mol. The molecule has 3 atom stereocenters. The van der Waals surface area contributed by atoms with Crippen molar-refractivity contribution in [3.8, 4) is 0 Å². The lowest BCUT2D eigenvalue weighted by atomic mass is 9.76. The summed E-state index contributed by atoms with van der Waals surface area (Å²) in [5.74, 6) is 2.69. The van der Waals surface area contributed by atoms with Crippen LogP contribution in [0.5, 0.6) is 0 Å². The summed E-state index contributed by atoms with van der Waals surface area (Å²) >= 11 is 0. The van der Waals surface area contributed by atoms with Crippen molar-refractivity contribution in [3.63, 3.8) is 0 Å². The summed E-state index contributed by atoms with van der Waals surface area (Å²) in [4.78, 5) is 4.10. The molecule has 2 unspecified atom stereocenters. The molecule has 1 saturated carbocycles. The van der Waals surface area contributed by atoms with E-state index in [1.807, 2.05) is 12.5 Å². The van der Waals surface area contributed by atoms with Crippen LogP contribution < -0.4 is 0 Å². The maximum Gasteiger partial charge on any atom is 0.0945 e. The van der Waals surface area contributed by atoms with Gasteiger partial charge in [-0.05, 0) is 24.2 Å². The summed E-state index contributed by atoms with van der Waals surface area (Å²) in [5.41, 5.74) is 0. The van der Waals surface area contributed by atoms with Crippen LogP contribution in [0.4, 0.5) is 0 Å². The molecule has 2 rings (SSSR count). The molecule has 1 aromatic rings. The van der Waals surface area contributed by atoms with Crippen LogP contribution in [0, 0.1) is 17.8 Å². The first kappa shape index (κ1) is 11.7. The van der Waals surface area contributed by atoms with Crippen LogP contribution >= 0.6 is 0 Å². The molecule has 0 bridgehead atoms. The fourth-order valence-electron chi connectivity index (χ4n) is 3.09. The number of nitrogens with zero attached hydrogens (tertiary/aromatic N) is 2. The second-order valence-electron chi connectivity index (χ2n) is 5.62. The summed E-state index contributed by atoms with van der Waals surface area (Å²) in [6, 6.07) is 0. The fraction of sp³-hybridized carbons (Fsp3) is 0.786. The molecule has 0 N–H and O–H groups in total. The van der Waals surface area contributed by atoms with Gasteiger partial charge in [0.2, 0.25) is 0 Å². The predicted octanol–water partition coefficient (Wildman–Crippen LogP) is 3.74. The first-order valence-corrected chi connectivity index (χ1v) is 6.71. The van der Waals surface area contributed by atoms with Crippen molar-refractivity contribution >= 4 is 0 Å². The highest BCUT2D eigenvalue weighted by Crippen LogP contribution is 2.34. The van der Waals surface area contributed by atoms with E-state index >= 15 is 0 Å². The SMILES string of the molecule is CC1CCCCC1C[C@H](C)Cn1ccnc1. The molecule has 0 spiro atoms. The average molecular weight is 220 g/mol. The van der Waals surface area contributed by atoms with Crippen LogP contribution in [0.2, 0.25) is 0 Å². The predicted molar refractivity (Wildman–Crippen MR) is 67.1 cm³/mol. The number of rotatable bonds is 4. The zero-order valence-electron chi connectivity index (χ0n) is 10.6. The molecule has 90 valence electrons. The maximum atomic E-state index is 4.10. The van der Waals surface area contributed by atoms with Crippen molar-refractivity contribution < 1.29 is 0 Å². The molecular weight excluding hydrogens is 196 g/mol. The Morgan fingerprint density at radius 2 is 2.19 bits per heavy atom. The highest BCUT2D eigenvalue weighted by molar-refractivity contribution is 4.78. The van der Waals surface area contributed by atoms with Gasteiger partial charge >= 0.3 is 0 Å². The third-order valence-corrected chi connectivity index (χ3v) is 4.08. The van der Waals surface area contributed by atoms with Crippen molar-refractivity contribution in [3.05, 3.63) is 18.7 Å². The van der Waals surface area contributed by atoms with Crippen molar-refractivity contribution in [1.82, 2.24) is 9.55 Å². The van der Waals surface area contributed by atoms with Crippen LogP contribution in [0.3, 0.4) is 0 Å². The smallest absolute Gasteiger partial charge is 0.0945 e. The highest BCUT2D eigenvalue weighted by Gasteiger charge is 2.22. The van der Waals surface area contributed by atoms with Gasteiger partial charge in [0, 0.05) is 18.9 Å². The van der Waals surface area contributed by atoms with E-state index in [1.165, 1.54) is 32.1 Å². The minimum Gasteiger partial charge on any atom is -0.337 e. The number of hydrogen-bond acceptors (Lipinski definition) is 1. The van der Waals surface area contributed by atoms with E-state index in [1.54, 1.807) is 0 Å². The van der Waals surface area contributed by atoms with Crippen molar-refractivity contribution in [1.29, 1.82) is 0 Å². The Bertz CT molecular complexity index is 292. The lowest BCUT2D eigenvalue weighted by molar-refractivity contribution is 0.208. The van der Waals surface area contributed by atoms with Gasteiger partial charge in [0.25, 0.3) is 0 Å². The van der Waals surface area contributed by atoms with E-state index in [0.717, 1.165) is 24.3 Å². The van der Waals surface area contributed by atoms with E-state index < -0.39 is 0 Å². The van der Waals surface area contributed by atoms with Gasteiger partial charge < -0.3 is 4.57 Å². The number of imidazole rings is 1. The Morgan fingerprint density at radius 1 is 1.38 bits per heavy atom. The van der Waals surface area contributed by atoms with Gasteiger partial charge in [0.05, 0.1) is 6.33 Å². The highest BCUT2D eigenvalue weighted by atomic mass is 15.0. The molecule has 0 amide bonds. The van der Waals surface area contributed by atoms with E-state index in [0.29, 0.717) is 0 Å². The summed E-state index contributed by atoms with van der Waals surface area (Å²) in [6.45, 7) is 5.94.